The third-order valence-electron chi connectivity index (χ3n) is 4.45. The number of rotatable bonds is 9. The van der Waals surface area contributed by atoms with Crippen LogP contribution in [0.3, 0.4) is 0 Å². The van der Waals surface area contributed by atoms with E-state index in [1.807, 2.05) is 6.92 Å². The maximum atomic E-state index is 11.6. The summed E-state index contributed by atoms with van der Waals surface area (Å²) < 4.78 is 0. The minimum atomic E-state index is -0.327. The van der Waals surface area contributed by atoms with Crippen molar-refractivity contribution in [3.63, 3.8) is 0 Å². The van der Waals surface area contributed by atoms with Crippen molar-refractivity contribution in [1.29, 1.82) is 0 Å². The Hall–Kier alpha value is -2.57. The molecule has 0 aromatic heterocycles. The topological polar surface area (TPSA) is 85.8 Å². The number of urea groups is 1. The highest BCUT2D eigenvalue weighted by molar-refractivity contribution is 6.01. The van der Waals surface area contributed by atoms with Crippen LogP contribution in [0.5, 0.6) is 0 Å². The molecule has 1 aromatic carbocycles. The molecule has 27 heavy (non-hydrogen) atoms. The van der Waals surface area contributed by atoms with Gasteiger partial charge in [-0.2, -0.15) is 0 Å². The predicted octanol–water partition coefficient (Wildman–Crippen LogP) is 1.85. The van der Waals surface area contributed by atoms with E-state index in [1.165, 1.54) is 16.0 Å². The van der Waals surface area contributed by atoms with Crippen LogP contribution in [0.15, 0.2) is 29.3 Å². The number of hydrogen-bond acceptors (Lipinski definition) is 3. The number of imide groups is 1. The van der Waals surface area contributed by atoms with Crippen LogP contribution in [0.25, 0.3) is 0 Å². The predicted molar refractivity (Wildman–Crippen MR) is 108 cm³/mol. The quantitative estimate of drug-likeness (QED) is 0.267. The summed E-state index contributed by atoms with van der Waals surface area (Å²) in [6.45, 7) is 8.76. The lowest BCUT2D eigenvalue weighted by atomic mass is 10.0. The Labute approximate surface area is 161 Å². The van der Waals surface area contributed by atoms with E-state index in [2.05, 4.69) is 59.1 Å². The monoisotopic (exact) mass is 373 g/mol. The Morgan fingerprint density at radius 1 is 1.22 bits per heavy atom. The van der Waals surface area contributed by atoms with E-state index in [1.54, 1.807) is 0 Å². The molecule has 1 aliphatic heterocycles. The molecule has 3 N–H and O–H groups in total. The molecule has 0 spiro atoms. The van der Waals surface area contributed by atoms with Gasteiger partial charge >= 0.3 is 6.03 Å². The molecule has 7 heteroatoms. The summed E-state index contributed by atoms with van der Waals surface area (Å²) in [5, 5.41) is 8.87. The lowest BCUT2D eigenvalue weighted by Gasteiger charge is -2.15. The van der Waals surface area contributed by atoms with E-state index >= 15 is 0 Å². The molecule has 0 bridgehead atoms. The molecule has 1 aliphatic rings. The molecule has 1 heterocycles. The van der Waals surface area contributed by atoms with Gasteiger partial charge in [-0.1, -0.05) is 38.1 Å². The highest BCUT2D eigenvalue weighted by Crippen LogP contribution is 2.15. The molecule has 2 rings (SSSR count). The number of carbonyl (C=O) groups is 2. The molecule has 0 atom stereocenters. The normalized spacial score (nSPS) is 14.7. The van der Waals surface area contributed by atoms with Crippen LogP contribution < -0.4 is 16.0 Å². The molecule has 1 saturated heterocycles. The lowest BCUT2D eigenvalue weighted by Crippen LogP contribution is -2.43. The van der Waals surface area contributed by atoms with Gasteiger partial charge in [0, 0.05) is 26.2 Å². The van der Waals surface area contributed by atoms with Crippen LogP contribution in [0.1, 0.15) is 44.2 Å². The summed E-state index contributed by atoms with van der Waals surface area (Å²) in [4.78, 5) is 28.9. The van der Waals surface area contributed by atoms with Crippen LogP contribution in [-0.2, 0) is 11.2 Å². The maximum absolute atomic E-state index is 11.6. The fourth-order valence-electron chi connectivity index (χ4n) is 2.85. The van der Waals surface area contributed by atoms with Crippen LogP contribution in [0.2, 0.25) is 0 Å². The number of aliphatic imine (C=N–C) groups is 1. The van der Waals surface area contributed by atoms with Crippen molar-refractivity contribution in [1.82, 2.24) is 20.9 Å². The molecule has 3 amide bonds. The van der Waals surface area contributed by atoms with Gasteiger partial charge in [-0.25, -0.2) is 4.79 Å². The first-order valence-corrected chi connectivity index (χ1v) is 9.70. The number of guanidine groups is 1. The van der Waals surface area contributed by atoms with Crippen LogP contribution in [0.4, 0.5) is 4.79 Å². The van der Waals surface area contributed by atoms with E-state index in [9.17, 15) is 9.59 Å². The number of hydrogen-bond donors (Lipinski definition) is 3. The zero-order valence-corrected chi connectivity index (χ0v) is 16.5. The Morgan fingerprint density at radius 2 is 1.96 bits per heavy atom. The molecule has 0 radical (unpaired) electrons. The molecule has 0 saturated carbocycles. The molecule has 7 nitrogen and oxygen atoms in total. The van der Waals surface area contributed by atoms with Gasteiger partial charge in [0.2, 0.25) is 5.91 Å². The summed E-state index contributed by atoms with van der Waals surface area (Å²) in [6, 6.07) is 8.46. The Balaban J connectivity index is 1.74. The van der Waals surface area contributed by atoms with Gasteiger partial charge in [-0.15, -0.1) is 0 Å². The highest BCUT2D eigenvalue weighted by Gasteiger charge is 2.27. The Morgan fingerprint density at radius 3 is 2.56 bits per heavy atom. The first kappa shape index (κ1) is 20.7. The van der Waals surface area contributed by atoms with Crippen molar-refractivity contribution in [2.45, 2.75) is 39.5 Å². The first-order valence-electron chi connectivity index (χ1n) is 9.70. The van der Waals surface area contributed by atoms with E-state index in [0.717, 1.165) is 19.4 Å². The van der Waals surface area contributed by atoms with Crippen LogP contribution in [-0.4, -0.2) is 55.5 Å². The smallest absolute Gasteiger partial charge is 0.324 e. The van der Waals surface area contributed by atoms with E-state index in [0.29, 0.717) is 31.5 Å². The molecule has 0 aliphatic carbocycles. The molecular weight excluding hydrogens is 342 g/mol. The summed E-state index contributed by atoms with van der Waals surface area (Å²) in [7, 11) is 0. The van der Waals surface area contributed by atoms with E-state index < -0.39 is 0 Å². The van der Waals surface area contributed by atoms with Crippen molar-refractivity contribution >= 4 is 17.9 Å². The number of aryl methyl sites for hydroxylation is 1. The van der Waals surface area contributed by atoms with Gasteiger partial charge < -0.3 is 16.0 Å². The zero-order chi connectivity index (χ0) is 19.6. The molecular formula is C20H31N5O2. The van der Waals surface area contributed by atoms with Gasteiger partial charge in [-0.05, 0) is 36.8 Å². The third kappa shape index (κ3) is 6.58. The Bertz CT molecular complexity index is 639. The number of carbonyl (C=O) groups excluding carboxylic acids is 2. The van der Waals surface area contributed by atoms with Crippen LogP contribution in [0, 0.1) is 0 Å². The summed E-state index contributed by atoms with van der Waals surface area (Å²) >= 11 is 0. The minimum Gasteiger partial charge on any atom is -0.357 e. The van der Waals surface area contributed by atoms with Crippen molar-refractivity contribution < 1.29 is 9.59 Å². The number of amides is 3. The van der Waals surface area contributed by atoms with Gasteiger partial charge in [0.05, 0.1) is 6.54 Å². The molecule has 1 aromatic rings. The maximum Gasteiger partial charge on any atom is 0.324 e. The van der Waals surface area contributed by atoms with Gasteiger partial charge in [-0.3, -0.25) is 14.7 Å². The summed E-state index contributed by atoms with van der Waals surface area (Å²) in [6.07, 6.45) is 1.95. The fraction of sp³-hybridized carbons (Fsp3) is 0.550. The van der Waals surface area contributed by atoms with Gasteiger partial charge in [0.15, 0.2) is 5.96 Å². The second-order valence-corrected chi connectivity index (χ2v) is 6.89. The van der Waals surface area contributed by atoms with E-state index in [4.69, 9.17) is 0 Å². The lowest BCUT2D eigenvalue weighted by molar-refractivity contribution is -0.124. The number of benzene rings is 1. The molecule has 0 unspecified atom stereocenters. The third-order valence-corrected chi connectivity index (χ3v) is 4.45. The Kier molecular flexibility index (Phi) is 8.10. The minimum absolute atomic E-state index is 0.0884. The SMILES string of the molecule is CCNC(=NCCCc1ccc(C(C)C)cc1)NCCN1C(=O)CNC1=O. The number of nitrogens with one attached hydrogen (secondary N) is 3. The van der Waals surface area contributed by atoms with Crippen molar-refractivity contribution in [2.75, 3.05) is 32.7 Å². The highest BCUT2D eigenvalue weighted by atomic mass is 16.2. The van der Waals surface area contributed by atoms with Crippen molar-refractivity contribution in [2.24, 2.45) is 4.99 Å². The average molecular weight is 374 g/mol. The second kappa shape index (κ2) is 10.5. The molecule has 1 fully saturated rings. The fourth-order valence-corrected chi connectivity index (χ4v) is 2.85. The largest absolute Gasteiger partial charge is 0.357 e. The van der Waals surface area contributed by atoms with Gasteiger partial charge in [0.25, 0.3) is 0 Å². The van der Waals surface area contributed by atoms with Crippen molar-refractivity contribution in [3.05, 3.63) is 35.4 Å². The standard InChI is InChI=1S/C20H31N5O2/c1-4-21-19(23-12-13-25-18(26)14-24-20(25)27)22-11-5-6-16-7-9-17(10-8-16)15(2)3/h7-10,15H,4-6,11-14H2,1-3H3,(H,24,27)(H2,21,22,23). The second-order valence-electron chi connectivity index (χ2n) is 6.89. The van der Waals surface area contributed by atoms with E-state index in [-0.39, 0.29) is 18.5 Å². The number of nitrogens with zero attached hydrogens (tertiary/aromatic N) is 2. The summed E-state index contributed by atoms with van der Waals surface area (Å²) in [5.74, 6) is 1.08. The van der Waals surface area contributed by atoms with Crippen molar-refractivity contribution in [3.8, 4) is 0 Å². The molecule has 148 valence electrons. The zero-order valence-electron chi connectivity index (χ0n) is 16.5. The van der Waals surface area contributed by atoms with Crippen LogP contribution >= 0.6 is 0 Å². The summed E-state index contributed by atoms with van der Waals surface area (Å²) in [5.41, 5.74) is 2.69. The first-order chi connectivity index (χ1) is 13.0. The van der Waals surface area contributed by atoms with Gasteiger partial charge in [0.1, 0.15) is 0 Å². The average Bonchev–Trinajstić information content (AvgIpc) is 2.97.